The maximum absolute atomic E-state index is 13.6. The lowest BCUT2D eigenvalue weighted by atomic mass is 10.0. The van der Waals surface area contributed by atoms with Crippen molar-refractivity contribution >= 4 is 75.2 Å². The number of carbonyl (C=O) groups is 9. The van der Waals surface area contributed by atoms with E-state index in [0.717, 1.165) is 38.4 Å². The summed E-state index contributed by atoms with van der Waals surface area (Å²) in [4.78, 5) is 130. The Hall–Kier alpha value is -8.66. The van der Waals surface area contributed by atoms with Gasteiger partial charge in [0, 0.05) is 137 Å². The Balaban J connectivity index is 0.732. The quantitative estimate of drug-likeness (QED) is 0.0200. The number of imidazole rings is 2. The Kier molecular flexibility index (Phi) is 24.9. The first-order chi connectivity index (χ1) is 44.2. The third kappa shape index (κ3) is 19.0. The molecule has 0 fully saturated rings. The molecule has 0 radical (unpaired) electrons. The van der Waals surface area contributed by atoms with Gasteiger partial charge < -0.3 is 27.7 Å². The fraction of sp³-hybridized carbons (Fsp3) is 0.392. The van der Waals surface area contributed by atoms with E-state index in [1.165, 1.54) is 15.9 Å². The van der Waals surface area contributed by atoms with Crippen LogP contribution in [0.15, 0.2) is 140 Å². The van der Waals surface area contributed by atoms with Gasteiger partial charge in [-0.25, -0.2) is 9.97 Å². The predicted molar refractivity (Wildman–Crippen MR) is 361 cm³/mol. The molecule has 92 heavy (non-hydrogen) atoms. The van der Waals surface area contributed by atoms with Crippen LogP contribution in [0.3, 0.4) is 0 Å². The van der Waals surface area contributed by atoms with Gasteiger partial charge in [-0.05, 0) is 137 Å². The maximum atomic E-state index is 13.6. The molecule has 8 aromatic rings. The number of ketones is 9. The second kappa shape index (κ2) is 33.1. The zero-order valence-corrected chi connectivity index (χ0v) is 55.4. The highest BCUT2D eigenvalue weighted by Crippen LogP contribution is 2.56. The largest absolute Gasteiger partial charge is 0.348 e. The van der Waals surface area contributed by atoms with Gasteiger partial charge in [0.2, 0.25) is 11.6 Å². The Morgan fingerprint density at radius 1 is 0.359 bits per heavy atom. The van der Waals surface area contributed by atoms with E-state index in [2.05, 4.69) is 87.7 Å². The smallest absolute Gasteiger partial charge is 0.204 e. The molecule has 0 aliphatic rings. The highest BCUT2D eigenvalue weighted by atomic mass is 31.2. The molecule has 0 spiro atoms. The first-order valence-corrected chi connectivity index (χ1v) is 34.1. The molecule has 17 nitrogen and oxygen atoms in total. The minimum atomic E-state index is -1.97. The van der Waals surface area contributed by atoms with Crippen molar-refractivity contribution in [2.75, 3.05) is 26.8 Å². The standard InChI is InChI=1S/C74H88N8O9P/c1-77(2)38-19-17-24-58(83)27-22-36-68(87)65-42-54(49-78(65)3)44-70(89)67-41-53(48-80(67)5)40-60(85)29-23-37-69(88)66-43-55(50-79(66)4)45-71(90)73-76-57(52-82(73)7)47-72(91)74-75-56(51-81(74)6)46-61(86)28-21-26-59(84)25-18-20-39-92(62-30-11-8-12-31-62,63-32-13-9-14-33-63)64-34-15-10-16-35-64/h8-16,30-35,41-43,48-52H,17-29,36-40,44-47H2,1-7H3/q+1. The van der Waals surface area contributed by atoms with Crippen molar-refractivity contribution in [2.24, 2.45) is 35.2 Å². The van der Waals surface area contributed by atoms with Crippen molar-refractivity contribution in [2.45, 2.75) is 128 Å². The summed E-state index contributed by atoms with van der Waals surface area (Å²) in [5.41, 5.74) is 4.16. The molecule has 0 aliphatic carbocycles. The summed E-state index contributed by atoms with van der Waals surface area (Å²) in [6.45, 7) is 0.940. The highest BCUT2D eigenvalue weighted by molar-refractivity contribution is 7.95. The van der Waals surface area contributed by atoms with Gasteiger partial charge in [0.15, 0.2) is 29.0 Å². The number of Topliss-reactive ketones (excluding diaryl/α,β-unsaturated/α-hetero) is 9. The molecule has 0 bridgehead atoms. The zero-order chi connectivity index (χ0) is 65.9. The van der Waals surface area contributed by atoms with Crippen LogP contribution >= 0.6 is 7.26 Å². The number of aryl methyl sites for hydroxylation is 5. The third-order valence-electron chi connectivity index (χ3n) is 17.0. The minimum Gasteiger partial charge on any atom is -0.348 e. The zero-order valence-electron chi connectivity index (χ0n) is 54.5. The molecule has 0 N–H and O–H groups in total. The van der Waals surface area contributed by atoms with Crippen LogP contribution in [-0.4, -0.2) is 117 Å². The maximum Gasteiger partial charge on any atom is 0.204 e. The molecular weight excluding hydrogens is 1180 g/mol. The van der Waals surface area contributed by atoms with Crippen molar-refractivity contribution in [3.8, 4) is 0 Å². The normalized spacial score (nSPS) is 11.6. The van der Waals surface area contributed by atoms with Crippen LogP contribution in [0.25, 0.3) is 0 Å². The molecule has 0 atom stereocenters. The summed E-state index contributed by atoms with van der Waals surface area (Å²) in [6.07, 6.45) is 16.7. The van der Waals surface area contributed by atoms with E-state index < -0.39 is 7.26 Å². The molecule has 5 aromatic heterocycles. The molecule has 0 saturated carbocycles. The number of rotatable bonds is 40. The molecule has 18 heteroatoms. The Morgan fingerprint density at radius 2 is 0.717 bits per heavy atom. The van der Waals surface area contributed by atoms with Gasteiger partial charge in [0.25, 0.3) is 0 Å². The first kappa shape index (κ1) is 69.2. The average Bonchev–Trinajstić information content (AvgIpc) is 0.935. The number of carbonyl (C=O) groups excluding carboxylic acids is 9. The number of aromatic nitrogens is 7. The predicted octanol–water partition coefficient (Wildman–Crippen LogP) is 10.3. The SMILES string of the molecule is CN(C)CCCCC(=O)CCCC(=O)c1cc(CC(=O)c2cc(CC(=O)CCCC(=O)c3cc(CC(=O)c4nc(CC(=O)c5nc(CC(=O)CCCC(=O)CCCC[P+](c6ccccc6)(c6ccccc6)c6ccccc6)cn5C)cn4C)cn3C)cn2C)cn1C. The monoisotopic (exact) mass is 1260 g/mol. The molecule has 0 unspecified atom stereocenters. The van der Waals surface area contributed by atoms with Crippen molar-refractivity contribution in [3.63, 3.8) is 0 Å². The Morgan fingerprint density at radius 3 is 1.17 bits per heavy atom. The van der Waals surface area contributed by atoms with Crippen molar-refractivity contribution < 1.29 is 43.2 Å². The van der Waals surface area contributed by atoms with Gasteiger partial charge >= 0.3 is 0 Å². The van der Waals surface area contributed by atoms with E-state index in [0.29, 0.717) is 90.1 Å². The lowest BCUT2D eigenvalue weighted by molar-refractivity contribution is -0.121. The molecule has 0 saturated heterocycles. The summed E-state index contributed by atoms with van der Waals surface area (Å²) in [5.74, 6) is -0.539. The number of hydrogen-bond acceptors (Lipinski definition) is 12. The van der Waals surface area contributed by atoms with E-state index >= 15 is 0 Å². The first-order valence-electron chi connectivity index (χ1n) is 32.1. The van der Waals surface area contributed by atoms with Crippen LogP contribution in [0.5, 0.6) is 0 Å². The van der Waals surface area contributed by atoms with Crippen LogP contribution in [0.4, 0.5) is 0 Å². The van der Waals surface area contributed by atoms with Gasteiger partial charge in [-0.15, -0.1) is 0 Å². The van der Waals surface area contributed by atoms with E-state index in [1.807, 2.05) is 32.3 Å². The van der Waals surface area contributed by atoms with E-state index in [1.54, 1.807) is 107 Å². The van der Waals surface area contributed by atoms with Gasteiger partial charge in [-0.3, -0.25) is 43.2 Å². The van der Waals surface area contributed by atoms with Crippen molar-refractivity contribution in [1.29, 1.82) is 0 Å². The lowest BCUT2D eigenvalue weighted by Crippen LogP contribution is -2.33. The summed E-state index contributed by atoms with van der Waals surface area (Å²) in [5, 5.41) is 3.96. The van der Waals surface area contributed by atoms with Crippen LogP contribution in [0.2, 0.25) is 0 Å². The highest BCUT2D eigenvalue weighted by Gasteiger charge is 2.44. The summed E-state index contributed by atoms with van der Waals surface area (Å²) >= 11 is 0. The number of unbranched alkanes of at least 4 members (excludes halogenated alkanes) is 2. The third-order valence-corrected chi connectivity index (χ3v) is 21.5. The Labute approximate surface area is 541 Å². The molecule has 0 amide bonds. The summed E-state index contributed by atoms with van der Waals surface area (Å²) in [6, 6.07) is 37.3. The van der Waals surface area contributed by atoms with Crippen molar-refractivity contribution in [3.05, 3.63) is 197 Å². The van der Waals surface area contributed by atoms with Gasteiger partial charge in [0.1, 0.15) is 46.3 Å². The average molecular weight is 1260 g/mol. The number of benzene rings is 3. The fourth-order valence-corrected chi connectivity index (χ4v) is 16.8. The summed E-state index contributed by atoms with van der Waals surface area (Å²) in [7, 11) is 10.7. The van der Waals surface area contributed by atoms with Gasteiger partial charge in [-0.2, -0.15) is 0 Å². The molecule has 0 aliphatic heterocycles. The second-order valence-electron chi connectivity index (χ2n) is 24.8. The van der Waals surface area contributed by atoms with Crippen molar-refractivity contribution in [1.82, 2.24) is 37.7 Å². The second-order valence-corrected chi connectivity index (χ2v) is 28.5. The minimum absolute atomic E-state index is 0.0348. The van der Waals surface area contributed by atoms with Gasteiger partial charge in [-0.1, -0.05) is 54.6 Å². The molecule has 8 rings (SSSR count). The molecule has 482 valence electrons. The van der Waals surface area contributed by atoms with E-state index in [-0.39, 0.29) is 121 Å². The van der Waals surface area contributed by atoms with Crippen LogP contribution in [0.1, 0.15) is 177 Å². The summed E-state index contributed by atoms with van der Waals surface area (Å²) < 4.78 is 8.25. The molecule has 3 aromatic carbocycles. The van der Waals surface area contributed by atoms with Crippen LogP contribution in [-0.2, 0) is 86.5 Å². The fourth-order valence-electron chi connectivity index (χ4n) is 12.3. The number of hydrogen-bond donors (Lipinski definition) is 0. The lowest BCUT2D eigenvalue weighted by Gasteiger charge is -2.27. The number of nitrogens with zero attached hydrogens (tertiary/aromatic N) is 8. The van der Waals surface area contributed by atoms with E-state index in [9.17, 15) is 43.2 Å². The van der Waals surface area contributed by atoms with Crippen LogP contribution in [0, 0.1) is 0 Å². The van der Waals surface area contributed by atoms with E-state index in [4.69, 9.17) is 0 Å². The van der Waals surface area contributed by atoms with Crippen LogP contribution < -0.4 is 15.9 Å². The van der Waals surface area contributed by atoms with Gasteiger partial charge in [0.05, 0.1) is 47.5 Å². The topological polar surface area (TPSA) is 207 Å². The molecule has 5 heterocycles. The molecular formula is C74H88N8O9P+. The Bertz CT molecular complexity index is 3800.